The summed E-state index contributed by atoms with van der Waals surface area (Å²) in [6.45, 7) is 1.02. The van der Waals surface area contributed by atoms with E-state index in [1.54, 1.807) is 12.4 Å². The molecule has 1 N–H and O–H groups in total. The quantitative estimate of drug-likeness (QED) is 0.785. The number of aryl methyl sites for hydroxylation is 1. The van der Waals surface area contributed by atoms with Crippen LogP contribution in [0.15, 0.2) is 28.9 Å². The van der Waals surface area contributed by atoms with Crippen molar-refractivity contribution >= 4 is 0 Å². The third kappa shape index (κ3) is 2.92. The fourth-order valence-corrected chi connectivity index (χ4v) is 1.79. The molecule has 2 aromatic heterocycles. The summed E-state index contributed by atoms with van der Waals surface area (Å²) < 4.78 is 5.60. The lowest BCUT2D eigenvalue weighted by Crippen LogP contribution is -2.17. The van der Waals surface area contributed by atoms with Gasteiger partial charge in [-0.3, -0.25) is 4.98 Å². The summed E-state index contributed by atoms with van der Waals surface area (Å²) in [6, 6.07) is 4.54. The van der Waals surface area contributed by atoms with Crippen LogP contribution in [-0.4, -0.2) is 27.8 Å². The lowest BCUT2D eigenvalue weighted by atomic mass is 10.3. The third-order valence-electron chi connectivity index (χ3n) is 2.95. The van der Waals surface area contributed by atoms with E-state index in [0.29, 0.717) is 11.8 Å². The van der Waals surface area contributed by atoms with Gasteiger partial charge in [-0.1, -0.05) is 0 Å². The molecular weight excluding hydrogens is 228 g/mol. The van der Waals surface area contributed by atoms with Gasteiger partial charge in [-0.25, -0.2) is 0 Å². The highest BCUT2D eigenvalue weighted by Gasteiger charge is 2.19. The predicted molar refractivity (Wildman–Crippen MR) is 66.9 cm³/mol. The molecule has 0 unspecified atom stereocenters. The maximum Gasteiger partial charge on any atom is 0.249 e. The topological polar surface area (TPSA) is 63.8 Å². The zero-order chi connectivity index (χ0) is 12.2. The lowest BCUT2D eigenvalue weighted by Gasteiger charge is -1.99. The molecule has 0 atom stereocenters. The van der Waals surface area contributed by atoms with Crippen molar-refractivity contribution in [3.05, 3.63) is 30.4 Å². The molecule has 1 fully saturated rings. The molecule has 1 aliphatic carbocycles. The highest BCUT2D eigenvalue weighted by molar-refractivity contribution is 5.49. The monoisotopic (exact) mass is 244 g/mol. The fraction of sp³-hybridized carbons (Fsp3) is 0.462. The molecule has 0 radical (unpaired) electrons. The number of rotatable bonds is 6. The molecule has 1 saturated carbocycles. The van der Waals surface area contributed by atoms with Crippen molar-refractivity contribution in [1.82, 2.24) is 20.5 Å². The first kappa shape index (κ1) is 11.3. The van der Waals surface area contributed by atoms with E-state index in [1.807, 2.05) is 12.1 Å². The normalized spacial score (nSPS) is 14.9. The van der Waals surface area contributed by atoms with Crippen molar-refractivity contribution in [3.8, 4) is 11.5 Å². The largest absolute Gasteiger partial charge is 0.421 e. The number of hydrogen-bond donors (Lipinski definition) is 1. The molecule has 0 spiro atoms. The molecule has 2 heterocycles. The van der Waals surface area contributed by atoms with E-state index in [4.69, 9.17) is 4.42 Å². The molecule has 3 rings (SSSR count). The summed E-state index contributed by atoms with van der Waals surface area (Å²) in [7, 11) is 0. The van der Waals surface area contributed by atoms with Gasteiger partial charge in [0.2, 0.25) is 11.8 Å². The molecule has 0 aliphatic heterocycles. The molecule has 94 valence electrons. The second-order valence-corrected chi connectivity index (χ2v) is 4.57. The zero-order valence-corrected chi connectivity index (χ0v) is 10.2. The number of pyridine rings is 1. The highest BCUT2D eigenvalue weighted by atomic mass is 16.4. The Bertz CT molecular complexity index is 493. The summed E-state index contributed by atoms with van der Waals surface area (Å²) in [4.78, 5) is 4.03. The molecule has 0 amide bonds. The van der Waals surface area contributed by atoms with Gasteiger partial charge in [0.15, 0.2) is 0 Å². The molecule has 5 heteroatoms. The van der Waals surface area contributed by atoms with Gasteiger partial charge < -0.3 is 9.73 Å². The van der Waals surface area contributed by atoms with E-state index in [-0.39, 0.29) is 0 Å². The highest BCUT2D eigenvalue weighted by Crippen LogP contribution is 2.19. The molecule has 0 saturated heterocycles. The Morgan fingerprint density at radius 3 is 3.06 bits per heavy atom. The Balaban J connectivity index is 1.52. The van der Waals surface area contributed by atoms with Crippen LogP contribution in [0.5, 0.6) is 0 Å². The number of hydrogen-bond acceptors (Lipinski definition) is 5. The van der Waals surface area contributed by atoms with Gasteiger partial charge >= 0.3 is 0 Å². The van der Waals surface area contributed by atoms with E-state index in [1.165, 1.54) is 12.8 Å². The third-order valence-corrected chi connectivity index (χ3v) is 2.95. The first-order valence-corrected chi connectivity index (χ1v) is 6.38. The Morgan fingerprint density at radius 1 is 1.33 bits per heavy atom. The Hall–Kier alpha value is -1.75. The Labute approximate surface area is 106 Å². The van der Waals surface area contributed by atoms with E-state index in [9.17, 15) is 0 Å². The van der Waals surface area contributed by atoms with Crippen LogP contribution in [0.1, 0.15) is 25.2 Å². The van der Waals surface area contributed by atoms with Crippen LogP contribution in [0.2, 0.25) is 0 Å². The van der Waals surface area contributed by atoms with Gasteiger partial charge in [0, 0.05) is 24.9 Å². The SMILES string of the molecule is c1cncc(-c2nnc(CCCNC3CC3)o2)c1. The van der Waals surface area contributed by atoms with Crippen molar-refractivity contribution in [1.29, 1.82) is 0 Å². The molecule has 2 aromatic rings. The van der Waals surface area contributed by atoms with Crippen molar-refractivity contribution in [3.63, 3.8) is 0 Å². The lowest BCUT2D eigenvalue weighted by molar-refractivity contribution is 0.491. The predicted octanol–water partition coefficient (Wildman–Crippen LogP) is 1.82. The van der Waals surface area contributed by atoms with E-state index in [0.717, 1.165) is 31.0 Å². The maximum absolute atomic E-state index is 5.60. The Morgan fingerprint density at radius 2 is 2.28 bits per heavy atom. The number of nitrogens with zero attached hydrogens (tertiary/aromatic N) is 3. The summed E-state index contributed by atoms with van der Waals surface area (Å²) >= 11 is 0. The minimum atomic E-state index is 0.549. The van der Waals surface area contributed by atoms with Crippen LogP contribution in [0, 0.1) is 0 Å². The molecule has 0 aromatic carbocycles. The van der Waals surface area contributed by atoms with Gasteiger partial charge in [0.1, 0.15) is 0 Å². The van der Waals surface area contributed by atoms with Crippen LogP contribution in [0.25, 0.3) is 11.5 Å². The minimum absolute atomic E-state index is 0.549. The van der Waals surface area contributed by atoms with E-state index >= 15 is 0 Å². The van der Waals surface area contributed by atoms with Crippen molar-refractivity contribution in [2.45, 2.75) is 31.7 Å². The van der Waals surface area contributed by atoms with E-state index in [2.05, 4.69) is 20.5 Å². The van der Waals surface area contributed by atoms with Crippen molar-refractivity contribution in [2.75, 3.05) is 6.54 Å². The number of aromatic nitrogens is 3. The maximum atomic E-state index is 5.60. The summed E-state index contributed by atoms with van der Waals surface area (Å²) in [6.07, 6.45) is 7.96. The smallest absolute Gasteiger partial charge is 0.249 e. The summed E-state index contributed by atoms with van der Waals surface area (Å²) in [5, 5.41) is 11.6. The van der Waals surface area contributed by atoms with Crippen molar-refractivity contribution < 1.29 is 4.42 Å². The van der Waals surface area contributed by atoms with Gasteiger partial charge in [-0.2, -0.15) is 0 Å². The van der Waals surface area contributed by atoms with Crippen LogP contribution >= 0.6 is 0 Å². The van der Waals surface area contributed by atoms with Gasteiger partial charge in [0.25, 0.3) is 0 Å². The van der Waals surface area contributed by atoms with Gasteiger partial charge in [-0.15, -0.1) is 10.2 Å². The second-order valence-electron chi connectivity index (χ2n) is 4.57. The average molecular weight is 244 g/mol. The van der Waals surface area contributed by atoms with Gasteiger partial charge in [0.05, 0.1) is 5.56 Å². The van der Waals surface area contributed by atoms with Gasteiger partial charge in [-0.05, 0) is 37.9 Å². The minimum Gasteiger partial charge on any atom is -0.421 e. The first-order valence-electron chi connectivity index (χ1n) is 6.38. The molecule has 18 heavy (non-hydrogen) atoms. The number of nitrogens with one attached hydrogen (secondary N) is 1. The molecule has 1 aliphatic rings. The summed E-state index contributed by atoms with van der Waals surface area (Å²) in [5.74, 6) is 1.25. The van der Waals surface area contributed by atoms with Crippen LogP contribution in [0.3, 0.4) is 0 Å². The van der Waals surface area contributed by atoms with Crippen molar-refractivity contribution in [2.24, 2.45) is 0 Å². The molecule has 0 bridgehead atoms. The zero-order valence-electron chi connectivity index (χ0n) is 10.2. The van der Waals surface area contributed by atoms with Crippen LogP contribution in [-0.2, 0) is 6.42 Å². The van der Waals surface area contributed by atoms with E-state index < -0.39 is 0 Å². The Kier molecular flexibility index (Phi) is 3.32. The van der Waals surface area contributed by atoms with Crippen LogP contribution < -0.4 is 5.32 Å². The summed E-state index contributed by atoms with van der Waals surface area (Å²) in [5.41, 5.74) is 0.868. The van der Waals surface area contributed by atoms with Crippen LogP contribution in [0.4, 0.5) is 0 Å². The molecular formula is C13H16N4O. The fourth-order valence-electron chi connectivity index (χ4n) is 1.79. The second kappa shape index (κ2) is 5.27. The first-order chi connectivity index (χ1) is 8.92. The standard InChI is InChI=1S/C13H16N4O/c1-3-10(9-14-7-1)13-17-16-12(18-13)4-2-8-15-11-5-6-11/h1,3,7,9,11,15H,2,4-6,8H2. The average Bonchev–Trinajstić information content (AvgIpc) is 3.12. The molecule has 5 nitrogen and oxygen atoms in total.